The van der Waals surface area contributed by atoms with Crippen molar-refractivity contribution < 1.29 is 19.4 Å². The Labute approximate surface area is 125 Å². The van der Waals surface area contributed by atoms with Gasteiger partial charge in [-0.15, -0.1) is 0 Å². The van der Waals surface area contributed by atoms with Gasteiger partial charge in [-0.2, -0.15) is 0 Å². The Morgan fingerprint density at radius 3 is 2.24 bits per heavy atom. The summed E-state index contributed by atoms with van der Waals surface area (Å²) in [5.41, 5.74) is -1.22. The molecule has 0 aliphatic carbocycles. The second-order valence-corrected chi connectivity index (χ2v) is 4.78. The van der Waals surface area contributed by atoms with E-state index in [0.717, 1.165) is 0 Å². The molecule has 1 atom stereocenters. The van der Waals surface area contributed by atoms with Crippen LogP contribution in [0.15, 0.2) is 30.3 Å². The minimum Gasteiger partial charge on any atom is -0.469 e. The van der Waals surface area contributed by atoms with Gasteiger partial charge in [-0.1, -0.05) is 30.3 Å². The maximum atomic E-state index is 12.7. The quantitative estimate of drug-likeness (QED) is 0.777. The van der Waals surface area contributed by atoms with Crippen molar-refractivity contribution in [1.29, 1.82) is 0 Å². The summed E-state index contributed by atoms with van der Waals surface area (Å²) in [7, 11) is 1.29. The SMILES string of the molecule is CCN(CC)C(=O)C(O)(CCC(=O)OC)c1ccccc1. The molecule has 0 radical (unpaired) electrons. The summed E-state index contributed by atoms with van der Waals surface area (Å²) in [4.78, 5) is 25.6. The molecule has 5 heteroatoms. The number of hydrogen-bond donors (Lipinski definition) is 1. The van der Waals surface area contributed by atoms with Gasteiger partial charge in [-0.05, 0) is 25.8 Å². The van der Waals surface area contributed by atoms with Crippen LogP contribution in [0.3, 0.4) is 0 Å². The lowest BCUT2D eigenvalue weighted by molar-refractivity contribution is -0.155. The van der Waals surface area contributed by atoms with Crippen LogP contribution in [-0.2, 0) is 19.9 Å². The lowest BCUT2D eigenvalue weighted by atomic mass is 9.87. The number of carbonyl (C=O) groups excluding carboxylic acids is 2. The van der Waals surface area contributed by atoms with Crippen LogP contribution in [-0.4, -0.2) is 42.1 Å². The third-order valence-electron chi connectivity index (χ3n) is 3.57. The summed E-state index contributed by atoms with van der Waals surface area (Å²) in [6.07, 6.45) is -0.0199. The van der Waals surface area contributed by atoms with Crippen molar-refractivity contribution in [2.75, 3.05) is 20.2 Å². The van der Waals surface area contributed by atoms with Crippen LogP contribution in [0.25, 0.3) is 0 Å². The molecule has 1 unspecified atom stereocenters. The Hall–Kier alpha value is -1.88. The highest BCUT2D eigenvalue weighted by molar-refractivity contribution is 5.87. The van der Waals surface area contributed by atoms with Crippen LogP contribution in [0.5, 0.6) is 0 Å². The van der Waals surface area contributed by atoms with Gasteiger partial charge >= 0.3 is 5.97 Å². The minimum atomic E-state index is -1.71. The monoisotopic (exact) mass is 293 g/mol. The second kappa shape index (κ2) is 7.78. The standard InChI is InChI=1S/C16H23NO4/c1-4-17(5-2)15(19)16(20,12-11-14(18)21-3)13-9-7-6-8-10-13/h6-10,20H,4-5,11-12H2,1-3H3. The number of carbonyl (C=O) groups is 2. The van der Waals surface area contributed by atoms with Gasteiger partial charge in [0.15, 0.2) is 5.60 Å². The number of likely N-dealkylation sites (N-methyl/N-ethyl adjacent to an activating group) is 1. The highest BCUT2D eigenvalue weighted by Gasteiger charge is 2.40. The molecule has 1 aromatic carbocycles. The minimum absolute atomic E-state index is 0.000972. The second-order valence-electron chi connectivity index (χ2n) is 4.78. The highest BCUT2D eigenvalue weighted by Crippen LogP contribution is 2.29. The molecule has 1 amide bonds. The number of hydrogen-bond acceptors (Lipinski definition) is 4. The van der Waals surface area contributed by atoms with Gasteiger partial charge in [0.1, 0.15) is 0 Å². The normalized spacial score (nSPS) is 13.3. The molecule has 1 aromatic rings. The van der Waals surface area contributed by atoms with Crippen molar-refractivity contribution in [3.8, 4) is 0 Å². The molecule has 1 rings (SSSR count). The summed E-state index contributed by atoms with van der Waals surface area (Å²) in [5.74, 6) is -0.834. The van der Waals surface area contributed by atoms with Gasteiger partial charge < -0.3 is 14.7 Å². The van der Waals surface area contributed by atoms with Crippen LogP contribution in [0.1, 0.15) is 32.3 Å². The van der Waals surface area contributed by atoms with Gasteiger partial charge in [0.2, 0.25) is 0 Å². The fourth-order valence-corrected chi connectivity index (χ4v) is 2.25. The van der Waals surface area contributed by atoms with Crippen molar-refractivity contribution in [2.24, 2.45) is 0 Å². The Morgan fingerprint density at radius 2 is 1.76 bits per heavy atom. The van der Waals surface area contributed by atoms with E-state index in [0.29, 0.717) is 18.7 Å². The number of ether oxygens (including phenoxy) is 1. The van der Waals surface area contributed by atoms with Crippen LogP contribution in [0.2, 0.25) is 0 Å². The molecule has 0 bridgehead atoms. The average Bonchev–Trinajstić information content (AvgIpc) is 2.54. The van der Waals surface area contributed by atoms with E-state index in [-0.39, 0.29) is 18.7 Å². The fraction of sp³-hybridized carbons (Fsp3) is 0.500. The largest absolute Gasteiger partial charge is 0.469 e. The summed E-state index contributed by atoms with van der Waals surface area (Å²) in [5, 5.41) is 10.9. The molecular weight excluding hydrogens is 270 g/mol. The van der Waals surface area contributed by atoms with E-state index in [2.05, 4.69) is 4.74 Å². The van der Waals surface area contributed by atoms with E-state index in [1.807, 2.05) is 19.9 Å². The highest BCUT2D eigenvalue weighted by atomic mass is 16.5. The molecule has 0 saturated carbocycles. The van der Waals surface area contributed by atoms with Crippen LogP contribution in [0.4, 0.5) is 0 Å². The van der Waals surface area contributed by atoms with E-state index >= 15 is 0 Å². The van der Waals surface area contributed by atoms with E-state index in [4.69, 9.17) is 0 Å². The number of methoxy groups -OCH3 is 1. The smallest absolute Gasteiger partial charge is 0.305 e. The predicted octanol–water partition coefficient (Wildman–Crippen LogP) is 1.70. The maximum absolute atomic E-state index is 12.7. The summed E-state index contributed by atoms with van der Waals surface area (Å²) >= 11 is 0. The van der Waals surface area contributed by atoms with Gasteiger partial charge in [0, 0.05) is 19.5 Å². The lowest BCUT2D eigenvalue weighted by Crippen LogP contribution is -2.47. The molecule has 0 aromatic heterocycles. The molecule has 0 aliphatic heterocycles. The Kier molecular flexibility index (Phi) is 6.37. The first-order valence-corrected chi connectivity index (χ1v) is 7.13. The van der Waals surface area contributed by atoms with Crippen LogP contribution in [0, 0.1) is 0 Å². The molecule has 21 heavy (non-hydrogen) atoms. The predicted molar refractivity (Wildman–Crippen MR) is 79.5 cm³/mol. The Bertz CT molecular complexity index is 470. The zero-order chi connectivity index (χ0) is 15.9. The van der Waals surface area contributed by atoms with Crippen LogP contribution < -0.4 is 0 Å². The van der Waals surface area contributed by atoms with Crippen molar-refractivity contribution in [2.45, 2.75) is 32.3 Å². The maximum Gasteiger partial charge on any atom is 0.305 e. The number of amides is 1. The molecule has 0 spiro atoms. The molecule has 0 saturated heterocycles. The third-order valence-corrected chi connectivity index (χ3v) is 3.57. The van der Waals surface area contributed by atoms with Gasteiger partial charge in [-0.3, -0.25) is 9.59 Å². The number of rotatable bonds is 7. The van der Waals surface area contributed by atoms with E-state index in [9.17, 15) is 14.7 Å². The van der Waals surface area contributed by atoms with Gasteiger partial charge in [-0.25, -0.2) is 0 Å². The molecule has 0 aliphatic rings. The zero-order valence-corrected chi connectivity index (χ0v) is 12.8. The number of nitrogens with zero attached hydrogens (tertiary/aromatic N) is 1. The van der Waals surface area contributed by atoms with E-state index in [1.54, 1.807) is 29.2 Å². The number of esters is 1. The average molecular weight is 293 g/mol. The molecule has 116 valence electrons. The molecule has 5 nitrogen and oxygen atoms in total. The first-order chi connectivity index (χ1) is 9.99. The van der Waals surface area contributed by atoms with E-state index < -0.39 is 11.6 Å². The summed E-state index contributed by atoms with van der Waals surface area (Å²) in [6, 6.07) is 8.71. The van der Waals surface area contributed by atoms with Crippen molar-refractivity contribution >= 4 is 11.9 Å². The molecule has 0 heterocycles. The van der Waals surface area contributed by atoms with Crippen molar-refractivity contribution in [3.05, 3.63) is 35.9 Å². The lowest BCUT2D eigenvalue weighted by Gasteiger charge is -2.32. The number of aliphatic hydroxyl groups is 1. The summed E-state index contributed by atoms with van der Waals surface area (Å²) in [6.45, 7) is 4.71. The fourth-order valence-electron chi connectivity index (χ4n) is 2.25. The van der Waals surface area contributed by atoms with Crippen LogP contribution >= 0.6 is 0 Å². The zero-order valence-electron chi connectivity index (χ0n) is 12.8. The Morgan fingerprint density at radius 1 is 1.19 bits per heavy atom. The first-order valence-electron chi connectivity index (χ1n) is 7.13. The Balaban J connectivity index is 3.10. The van der Waals surface area contributed by atoms with Gasteiger partial charge in [0.05, 0.1) is 7.11 Å². The summed E-state index contributed by atoms with van der Waals surface area (Å²) < 4.78 is 4.60. The number of benzene rings is 1. The molecule has 0 fully saturated rings. The first kappa shape index (κ1) is 17.2. The van der Waals surface area contributed by atoms with Gasteiger partial charge in [0.25, 0.3) is 5.91 Å². The molecule has 1 N–H and O–H groups in total. The van der Waals surface area contributed by atoms with Crippen molar-refractivity contribution in [3.63, 3.8) is 0 Å². The van der Waals surface area contributed by atoms with E-state index in [1.165, 1.54) is 7.11 Å². The van der Waals surface area contributed by atoms with Crippen molar-refractivity contribution in [1.82, 2.24) is 4.90 Å². The molecular formula is C16H23NO4. The third kappa shape index (κ3) is 4.04. The topological polar surface area (TPSA) is 66.8 Å².